The topological polar surface area (TPSA) is 78.4 Å². The van der Waals surface area contributed by atoms with Crippen LogP contribution in [0.2, 0.25) is 0 Å². The molecule has 1 amide bonds. The summed E-state index contributed by atoms with van der Waals surface area (Å²) in [5, 5.41) is 16.1. The lowest BCUT2D eigenvalue weighted by Crippen LogP contribution is -2.32. The fraction of sp³-hybridized carbons (Fsp3) is 0.438. The second-order valence-corrected chi connectivity index (χ2v) is 6.47. The Bertz CT molecular complexity index is 647. The van der Waals surface area contributed by atoms with Crippen LogP contribution in [0.3, 0.4) is 0 Å². The Morgan fingerprint density at radius 1 is 1.39 bits per heavy atom. The van der Waals surface area contributed by atoms with Gasteiger partial charge in [0.2, 0.25) is 0 Å². The minimum Gasteiger partial charge on any atom is -0.395 e. The van der Waals surface area contributed by atoms with Crippen LogP contribution in [0.4, 0.5) is 0 Å². The van der Waals surface area contributed by atoms with Gasteiger partial charge in [-0.25, -0.2) is 0 Å². The zero-order valence-electron chi connectivity index (χ0n) is 12.8. The molecule has 1 fully saturated rings. The fourth-order valence-corrected chi connectivity index (χ4v) is 3.37. The van der Waals surface area contributed by atoms with Crippen LogP contribution < -0.4 is 5.32 Å². The van der Waals surface area contributed by atoms with E-state index in [0.717, 1.165) is 43.0 Å². The summed E-state index contributed by atoms with van der Waals surface area (Å²) in [6.45, 7) is 2.50. The number of benzene rings is 1. The lowest BCUT2D eigenvalue weighted by molar-refractivity contribution is 0.0954. The van der Waals surface area contributed by atoms with Crippen LogP contribution in [-0.4, -0.2) is 44.7 Å². The van der Waals surface area contributed by atoms with Crippen molar-refractivity contribution in [3.8, 4) is 0 Å². The van der Waals surface area contributed by atoms with Crippen LogP contribution in [-0.2, 0) is 13.1 Å². The van der Waals surface area contributed by atoms with Crippen molar-refractivity contribution >= 4 is 17.4 Å². The lowest BCUT2D eigenvalue weighted by Gasteiger charge is -2.24. The first-order valence-electron chi connectivity index (χ1n) is 7.75. The molecule has 0 bridgehead atoms. The number of aromatic nitrogens is 2. The van der Waals surface area contributed by atoms with E-state index in [2.05, 4.69) is 25.9 Å². The van der Waals surface area contributed by atoms with Gasteiger partial charge in [-0.15, -0.1) is 5.10 Å². The molecule has 1 saturated heterocycles. The highest BCUT2D eigenvalue weighted by Crippen LogP contribution is 2.21. The molecule has 6 nitrogen and oxygen atoms in total. The van der Waals surface area contributed by atoms with Crippen LogP contribution in [0.25, 0.3) is 0 Å². The Hall–Kier alpha value is -1.83. The third-order valence-corrected chi connectivity index (χ3v) is 4.89. The number of amides is 1. The zero-order chi connectivity index (χ0) is 16.1. The number of rotatable bonds is 6. The molecule has 0 radical (unpaired) electrons. The van der Waals surface area contributed by atoms with Crippen molar-refractivity contribution in [2.24, 2.45) is 0 Å². The molecule has 1 aromatic carbocycles. The molecule has 23 heavy (non-hydrogen) atoms. The first-order valence-corrected chi connectivity index (χ1v) is 8.52. The molecule has 122 valence electrons. The molecule has 0 unspecified atom stereocenters. The Balaban J connectivity index is 1.65. The Morgan fingerprint density at radius 2 is 2.22 bits per heavy atom. The summed E-state index contributed by atoms with van der Waals surface area (Å²) < 4.78 is 3.70. The number of carbonyl (C=O) groups excluding carboxylic acids is 1. The molecule has 1 aromatic heterocycles. The van der Waals surface area contributed by atoms with E-state index in [1.807, 2.05) is 18.2 Å². The number of carbonyl (C=O) groups is 1. The average Bonchev–Trinajstić information content (AvgIpc) is 3.25. The van der Waals surface area contributed by atoms with Crippen molar-refractivity contribution in [3.63, 3.8) is 0 Å². The van der Waals surface area contributed by atoms with Gasteiger partial charge in [-0.3, -0.25) is 9.69 Å². The van der Waals surface area contributed by atoms with E-state index in [1.54, 1.807) is 0 Å². The number of nitrogens with zero attached hydrogens (tertiary/aromatic N) is 3. The Morgan fingerprint density at radius 3 is 2.96 bits per heavy atom. The van der Waals surface area contributed by atoms with Crippen LogP contribution in [0, 0.1) is 0 Å². The quantitative estimate of drug-likeness (QED) is 0.836. The predicted octanol–water partition coefficient (Wildman–Crippen LogP) is 1.42. The van der Waals surface area contributed by atoms with Crippen LogP contribution in [0.1, 0.15) is 33.6 Å². The average molecular weight is 332 g/mol. The smallest absolute Gasteiger partial charge is 0.264 e. The maximum atomic E-state index is 12.0. The van der Waals surface area contributed by atoms with Gasteiger partial charge in [0.05, 0.1) is 12.8 Å². The third-order valence-electron chi connectivity index (χ3n) is 4.23. The molecule has 0 spiro atoms. The molecule has 1 aliphatic rings. The number of aliphatic hydroxyl groups is 1. The van der Waals surface area contributed by atoms with Gasteiger partial charge < -0.3 is 10.4 Å². The highest BCUT2D eigenvalue weighted by atomic mass is 32.1. The van der Waals surface area contributed by atoms with Crippen LogP contribution >= 0.6 is 11.5 Å². The molecule has 2 heterocycles. The monoisotopic (exact) mass is 332 g/mol. The first-order chi connectivity index (χ1) is 11.3. The van der Waals surface area contributed by atoms with Crippen molar-refractivity contribution in [2.75, 3.05) is 13.2 Å². The Kier molecular flexibility index (Phi) is 5.32. The van der Waals surface area contributed by atoms with Crippen molar-refractivity contribution < 1.29 is 9.90 Å². The maximum absolute atomic E-state index is 12.0. The summed E-state index contributed by atoms with van der Waals surface area (Å²) in [4.78, 5) is 14.8. The minimum atomic E-state index is -0.149. The summed E-state index contributed by atoms with van der Waals surface area (Å²) >= 11 is 1.09. The number of likely N-dealkylation sites (tertiary alicyclic amines) is 1. The molecule has 2 aromatic rings. The maximum Gasteiger partial charge on any atom is 0.264 e. The standard InChI is InChI=1S/C16H20N4O2S/c21-11-14-6-3-7-20(14)10-13-5-2-1-4-12(13)8-17-16(22)15-9-18-19-23-15/h1-2,4-5,9,14,21H,3,6-8,10-11H2,(H,17,22)/t14-/m1/s1. The molecule has 0 saturated carbocycles. The van der Waals surface area contributed by atoms with E-state index in [9.17, 15) is 9.90 Å². The van der Waals surface area contributed by atoms with Crippen molar-refractivity contribution in [1.82, 2.24) is 19.8 Å². The molecule has 2 N–H and O–H groups in total. The van der Waals surface area contributed by atoms with E-state index >= 15 is 0 Å². The SMILES string of the molecule is O=C(NCc1ccccc1CN1CCC[C@@H]1CO)c1cnns1. The molecule has 1 aliphatic heterocycles. The number of aliphatic hydroxyl groups excluding tert-OH is 1. The van der Waals surface area contributed by atoms with Crippen molar-refractivity contribution in [3.05, 3.63) is 46.5 Å². The van der Waals surface area contributed by atoms with E-state index in [-0.39, 0.29) is 18.6 Å². The predicted molar refractivity (Wildman–Crippen MR) is 88.0 cm³/mol. The molecular weight excluding hydrogens is 312 g/mol. The largest absolute Gasteiger partial charge is 0.395 e. The normalized spacial score (nSPS) is 18.2. The van der Waals surface area contributed by atoms with E-state index in [0.29, 0.717) is 11.4 Å². The molecule has 7 heteroatoms. The molecule has 1 atom stereocenters. The summed E-state index contributed by atoms with van der Waals surface area (Å²) in [6, 6.07) is 8.36. The van der Waals surface area contributed by atoms with Crippen LogP contribution in [0.15, 0.2) is 30.5 Å². The van der Waals surface area contributed by atoms with Gasteiger partial charge >= 0.3 is 0 Å². The van der Waals surface area contributed by atoms with Crippen molar-refractivity contribution in [1.29, 1.82) is 0 Å². The highest BCUT2D eigenvalue weighted by Gasteiger charge is 2.24. The third kappa shape index (κ3) is 3.93. The summed E-state index contributed by atoms with van der Waals surface area (Å²) in [7, 11) is 0. The second-order valence-electron chi connectivity index (χ2n) is 5.68. The molecule has 0 aliphatic carbocycles. The molecule has 3 rings (SSSR count). The minimum absolute atomic E-state index is 0.149. The summed E-state index contributed by atoms with van der Waals surface area (Å²) in [5.74, 6) is -0.149. The summed E-state index contributed by atoms with van der Waals surface area (Å²) in [6.07, 6.45) is 3.65. The van der Waals surface area contributed by atoms with E-state index in [4.69, 9.17) is 0 Å². The van der Waals surface area contributed by atoms with Crippen LogP contribution in [0.5, 0.6) is 0 Å². The summed E-state index contributed by atoms with van der Waals surface area (Å²) in [5.41, 5.74) is 2.29. The van der Waals surface area contributed by atoms with Gasteiger partial charge in [-0.05, 0) is 42.0 Å². The second kappa shape index (κ2) is 7.63. The van der Waals surface area contributed by atoms with Gasteiger partial charge in [-0.1, -0.05) is 28.8 Å². The molecular formula is C16H20N4O2S. The Labute approximate surface area is 139 Å². The van der Waals surface area contributed by atoms with E-state index < -0.39 is 0 Å². The number of nitrogens with one attached hydrogen (secondary N) is 1. The van der Waals surface area contributed by atoms with Gasteiger partial charge in [0.25, 0.3) is 5.91 Å². The first kappa shape index (κ1) is 16.0. The highest BCUT2D eigenvalue weighted by molar-refractivity contribution is 7.07. The zero-order valence-corrected chi connectivity index (χ0v) is 13.6. The fourth-order valence-electron chi connectivity index (χ4n) is 2.94. The lowest BCUT2D eigenvalue weighted by atomic mass is 10.1. The van der Waals surface area contributed by atoms with Gasteiger partial charge in [0.1, 0.15) is 4.88 Å². The van der Waals surface area contributed by atoms with E-state index in [1.165, 1.54) is 11.8 Å². The van der Waals surface area contributed by atoms with Gasteiger partial charge in [-0.2, -0.15) is 0 Å². The van der Waals surface area contributed by atoms with Crippen molar-refractivity contribution in [2.45, 2.75) is 32.0 Å². The number of hydrogen-bond donors (Lipinski definition) is 2. The van der Waals surface area contributed by atoms with Gasteiger partial charge in [0, 0.05) is 19.1 Å². The van der Waals surface area contributed by atoms with Gasteiger partial charge in [0.15, 0.2) is 0 Å². The number of hydrogen-bond acceptors (Lipinski definition) is 6.